The van der Waals surface area contributed by atoms with Gasteiger partial charge in [-0.2, -0.15) is 0 Å². The van der Waals surface area contributed by atoms with Gasteiger partial charge < -0.3 is 15.4 Å². The van der Waals surface area contributed by atoms with Crippen LogP contribution in [0.15, 0.2) is 24.3 Å². The van der Waals surface area contributed by atoms with Gasteiger partial charge in [-0.1, -0.05) is 31.4 Å². The Labute approximate surface area is 144 Å². The number of carbonyl (C=O) groups is 1. The molecule has 23 heavy (non-hydrogen) atoms. The maximum atomic E-state index is 12.1. The number of amides is 1. The average molecular weight is 334 g/mol. The third kappa shape index (κ3) is 6.18. The Balaban J connectivity index is 1.74. The molecule has 1 amide bonds. The van der Waals surface area contributed by atoms with Crippen molar-refractivity contribution in [2.45, 2.75) is 58.6 Å². The minimum atomic E-state index is 0.0582. The van der Waals surface area contributed by atoms with Gasteiger partial charge in [-0.15, -0.1) is 0 Å². The average Bonchev–Trinajstić information content (AvgIpc) is 2.54. The minimum absolute atomic E-state index is 0.0582. The maximum Gasteiger partial charge on any atom is 0.229 e. The summed E-state index contributed by atoms with van der Waals surface area (Å²) in [4.78, 5) is 12.1. The van der Waals surface area contributed by atoms with E-state index >= 15 is 0 Å². The molecule has 0 bridgehead atoms. The van der Waals surface area contributed by atoms with E-state index in [0.29, 0.717) is 11.7 Å². The van der Waals surface area contributed by atoms with Crippen molar-refractivity contribution in [3.05, 3.63) is 29.8 Å². The molecule has 0 aliphatic heterocycles. The summed E-state index contributed by atoms with van der Waals surface area (Å²) in [6, 6.07) is 7.88. The van der Waals surface area contributed by atoms with Gasteiger partial charge in [0.15, 0.2) is 5.11 Å². The summed E-state index contributed by atoms with van der Waals surface area (Å²) < 4.78 is 5.61. The normalized spacial score (nSPS) is 15.3. The van der Waals surface area contributed by atoms with Gasteiger partial charge in [0.25, 0.3) is 0 Å². The highest BCUT2D eigenvalue weighted by Crippen LogP contribution is 2.23. The Bertz CT molecular complexity index is 522. The molecule has 4 nitrogen and oxygen atoms in total. The fourth-order valence-electron chi connectivity index (χ4n) is 2.76. The number of benzene rings is 1. The summed E-state index contributed by atoms with van der Waals surface area (Å²) in [5, 5.41) is 6.31. The summed E-state index contributed by atoms with van der Waals surface area (Å²) in [6.45, 7) is 4.59. The SMILES string of the molecule is CC(C)Oc1ccc(CNC(=S)NC(=O)C2CCCCC2)cc1. The Morgan fingerprint density at radius 3 is 2.48 bits per heavy atom. The van der Waals surface area contributed by atoms with E-state index in [1.165, 1.54) is 6.42 Å². The number of rotatable bonds is 5. The molecule has 1 aromatic carbocycles. The van der Waals surface area contributed by atoms with Crippen molar-refractivity contribution in [1.82, 2.24) is 10.6 Å². The second kappa shape index (κ2) is 8.87. The van der Waals surface area contributed by atoms with Crippen LogP contribution in [0.5, 0.6) is 5.75 Å². The van der Waals surface area contributed by atoms with Crippen LogP contribution in [0.1, 0.15) is 51.5 Å². The molecule has 0 aromatic heterocycles. The van der Waals surface area contributed by atoms with Gasteiger partial charge in [-0.05, 0) is 56.6 Å². The summed E-state index contributed by atoms with van der Waals surface area (Å²) in [5.74, 6) is 1.04. The molecule has 1 aliphatic rings. The molecule has 5 heteroatoms. The van der Waals surface area contributed by atoms with Gasteiger partial charge in [0.1, 0.15) is 5.75 Å². The fourth-order valence-corrected chi connectivity index (χ4v) is 2.94. The lowest BCUT2D eigenvalue weighted by Gasteiger charge is -2.21. The molecule has 0 atom stereocenters. The van der Waals surface area contributed by atoms with Crippen molar-refractivity contribution in [3.63, 3.8) is 0 Å². The van der Waals surface area contributed by atoms with Crippen LogP contribution in [-0.2, 0) is 11.3 Å². The standard InChI is InChI=1S/C18H26N2O2S/c1-13(2)22-16-10-8-14(9-11-16)12-19-18(23)20-17(21)15-6-4-3-5-7-15/h8-11,13,15H,3-7,12H2,1-2H3,(H2,19,20,21,23). The molecule has 1 saturated carbocycles. The van der Waals surface area contributed by atoms with Crippen LogP contribution in [0.2, 0.25) is 0 Å². The lowest BCUT2D eigenvalue weighted by Crippen LogP contribution is -2.42. The van der Waals surface area contributed by atoms with Gasteiger partial charge in [0.2, 0.25) is 5.91 Å². The van der Waals surface area contributed by atoms with E-state index in [4.69, 9.17) is 17.0 Å². The van der Waals surface area contributed by atoms with E-state index in [1.54, 1.807) is 0 Å². The summed E-state index contributed by atoms with van der Waals surface area (Å²) in [7, 11) is 0. The summed E-state index contributed by atoms with van der Waals surface area (Å²) in [5.41, 5.74) is 1.09. The fraction of sp³-hybridized carbons (Fsp3) is 0.556. The number of ether oxygens (including phenoxy) is 1. The van der Waals surface area contributed by atoms with Crippen LogP contribution in [0, 0.1) is 5.92 Å². The van der Waals surface area contributed by atoms with Crippen LogP contribution in [0.25, 0.3) is 0 Å². The highest BCUT2D eigenvalue weighted by atomic mass is 32.1. The molecule has 1 aromatic rings. The van der Waals surface area contributed by atoms with Crippen molar-refractivity contribution in [3.8, 4) is 5.75 Å². The molecule has 0 unspecified atom stereocenters. The van der Waals surface area contributed by atoms with Crippen LogP contribution in [0.3, 0.4) is 0 Å². The first-order chi connectivity index (χ1) is 11.0. The number of hydrogen-bond donors (Lipinski definition) is 2. The van der Waals surface area contributed by atoms with E-state index in [0.717, 1.165) is 37.0 Å². The van der Waals surface area contributed by atoms with Crippen molar-refractivity contribution in [1.29, 1.82) is 0 Å². The Hall–Kier alpha value is -1.62. The highest BCUT2D eigenvalue weighted by molar-refractivity contribution is 7.80. The van der Waals surface area contributed by atoms with E-state index in [1.807, 2.05) is 38.1 Å². The molecule has 0 radical (unpaired) electrons. The Morgan fingerprint density at radius 1 is 1.22 bits per heavy atom. The first-order valence-corrected chi connectivity index (χ1v) is 8.79. The van der Waals surface area contributed by atoms with Gasteiger partial charge in [0.05, 0.1) is 6.10 Å². The molecular weight excluding hydrogens is 308 g/mol. The van der Waals surface area contributed by atoms with Crippen molar-refractivity contribution in [2.24, 2.45) is 5.92 Å². The molecule has 0 saturated heterocycles. The van der Waals surface area contributed by atoms with E-state index in [-0.39, 0.29) is 17.9 Å². The van der Waals surface area contributed by atoms with Gasteiger partial charge >= 0.3 is 0 Å². The number of nitrogens with one attached hydrogen (secondary N) is 2. The quantitative estimate of drug-likeness (QED) is 0.809. The number of carbonyl (C=O) groups excluding carboxylic acids is 1. The lowest BCUT2D eigenvalue weighted by molar-refractivity contribution is -0.124. The molecule has 2 N–H and O–H groups in total. The maximum absolute atomic E-state index is 12.1. The predicted molar refractivity (Wildman–Crippen MR) is 96.4 cm³/mol. The second-order valence-electron chi connectivity index (χ2n) is 6.32. The molecule has 126 valence electrons. The number of hydrogen-bond acceptors (Lipinski definition) is 3. The smallest absolute Gasteiger partial charge is 0.229 e. The molecular formula is C18H26N2O2S. The molecule has 2 rings (SSSR count). The topological polar surface area (TPSA) is 50.4 Å². The Kier molecular flexibility index (Phi) is 6.84. The third-order valence-corrected chi connectivity index (χ3v) is 4.21. The third-order valence-electron chi connectivity index (χ3n) is 3.96. The van der Waals surface area contributed by atoms with Crippen molar-refractivity contribution >= 4 is 23.2 Å². The molecule has 0 heterocycles. The zero-order valence-corrected chi connectivity index (χ0v) is 14.7. The zero-order valence-electron chi connectivity index (χ0n) is 13.9. The van der Waals surface area contributed by atoms with Crippen LogP contribution < -0.4 is 15.4 Å². The van der Waals surface area contributed by atoms with Gasteiger partial charge in [-0.25, -0.2) is 0 Å². The summed E-state index contributed by atoms with van der Waals surface area (Å²) in [6.07, 6.45) is 5.65. The van der Waals surface area contributed by atoms with E-state index in [2.05, 4.69) is 10.6 Å². The van der Waals surface area contributed by atoms with Crippen LogP contribution in [-0.4, -0.2) is 17.1 Å². The van der Waals surface area contributed by atoms with Gasteiger partial charge in [-0.3, -0.25) is 4.79 Å². The van der Waals surface area contributed by atoms with E-state index in [9.17, 15) is 4.79 Å². The minimum Gasteiger partial charge on any atom is -0.491 e. The molecule has 1 fully saturated rings. The lowest BCUT2D eigenvalue weighted by atomic mass is 9.89. The van der Waals surface area contributed by atoms with Crippen LogP contribution in [0.4, 0.5) is 0 Å². The van der Waals surface area contributed by atoms with E-state index < -0.39 is 0 Å². The second-order valence-corrected chi connectivity index (χ2v) is 6.73. The first kappa shape index (κ1) is 17.7. The summed E-state index contributed by atoms with van der Waals surface area (Å²) >= 11 is 5.21. The molecule has 0 spiro atoms. The first-order valence-electron chi connectivity index (χ1n) is 8.39. The molecule has 1 aliphatic carbocycles. The highest BCUT2D eigenvalue weighted by Gasteiger charge is 2.21. The van der Waals surface area contributed by atoms with Crippen molar-refractivity contribution in [2.75, 3.05) is 0 Å². The Morgan fingerprint density at radius 2 is 1.87 bits per heavy atom. The van der Waals surface area contributed by atoms with Gasteiger partial charge in [0, 0.05) is 12.5 Å². The largest absolute Gasteiger partial charge is 0.491 e. The predicted octanol–water partition coefficient (Wildman–Crippen LogP) is 3.54. The monoisotopic (exact) mass is 334 g/mol. The zero-order chi connectivity index (χ0) is 16.7. The van der Waals surface area contributed by atoms with Crippen LogP contribution >= 0.6 is 12.2 Å². The number of thiocarbonyl (C=S) groups is 1. The van der Waals surface area contributed by atoms with Crippen molar-refractivity contribution < 1.29 is 9.53 Å².